The van der Waals surface area contributed by atoms with Gasteiger partial charge in [0, 0.05) is 17.6 Å². The molecule has 1 aliphatic rings. The molecular weight excluding hydrogens is 253 g/mol. The van der Waals surface area contributed by atoms with Crippen molar-refractivity contribution in [3.63, 3.8) is 0 Å². The molecule has 0 unspecified atom stereocenters. The Bertz CT molecular complexity index is 731. The van der Waals surface area contributed by atoms with E-state index in [1.54, 1.807) is 0 Å². The summed E-state index contributed by atoms with van der Waals surface area (Å²) < 4.78 is 4.64. The van der Waals surface area contributed by atoms with Crippen molar-refractivity contribution >= 4 is 38.6 Å². The quantitative estimate of drug-likeness (QED) is 0.682. The Balaban J connectivity index is 1.91. The fraction of sp³-hybridized carbons (Fsp3) is 0.385. The van der Waals surface area contributed by atoms with Crippen molar-refractivity contribution in [2.45, 2.75) is 18.9 Å². The second kappa shape index (κ2) is 4.34. The summed E-state index contributed by atoms with van der Waals surface area (Å²) in [6.07, 6.45) is 8.20. The smallest absolute Gasteiger partial charge is 0.256 e. The number of fused-ring (bicyclic) bond motifs is 3. The average molecular weight is 267 g/mol. The minimum Gasteiger partial charge on any atom is -0.401 e. The van der Waals surface area contributed by atoms with Gasteiger partial charge in [-0.1, -0.05) is 0 Å². The number of H-pyrrole nitrogens is 1. The van der Waals surface area contributed by atoms with Crippen molar-refractivity contribution < 1.29 is 0 Å². The summed E-state index contributed by atoms with van der Waals surface area (Å²) in [7, 11) is 0. The van der Waals surface area contributed by atoms with E-state index in [9.17, 15) is 0 Å². The highest BCUT2D eigenvalue weighted by molar-refractivity contribution is 6.04. The van der Waals surface area contributed by atoms with Gasteiger partial charge >= 0.3 is 0 Å². The van der Waals surface area contributed by atoms with E-state index < -0.39 is 0 Å². The largest absolute Gasteiger partial charge is 0.401 e. The molecule has 1 atom stereocenters. The molecular formula is C13H14AlN5. The summed E-state index contributed by atoms with van der Waals surface area (Å²) in [5.41, 5.74) is 3.12. The fourth-order valence-electron chi connectivity index (χ4n) is 3.02. The molecule has 1 fully saturated rings. The van der Waals surface area contributed by atoms with Crippen LogP contribution in [0.1, 0.15) is 18.9 Å². The monoisotopic (exact) mass is 267 g/mol. The van der Waals surface area contributed by atoms with Gasteiger partial charge in [-0.2, -0.15) is 0 Å². The zero-order valence-electron chi connectivity index (χ0n) is 10.6. The van der Waals surface area contributed by atoms with Gasteiger partial charge in [0.1, 0.15) is 11.2 Å². The first-order valence-electron chi connectivity index (χ1n) is 6.61. The molecule has 4 heterocycles. The number of piperidine rings is 1. The Hall–Kier alpha value is -1.35. The van der Waals surface area contributed by atoms with E-state index in [4.69, 9.17) is 0 Å². The van der Waals surface area contributed by atoms with Gasteiger partial charge in [0.15, 0.2) is 0 Å². The van der Waals surface area contributed by atoms with Gasteiger partial charge in [0.2, 0.25) is 0 Å². The lowest BCUT2D eigenvalue weighted by Gasteiger charge is -2.32. The van der Waals surface area contributed by atoms with Gasteiger partial charge in [-0.3, -0.25) is 0 Å². The van der Waals surface area contributed by atoms with Crippen molar-refractivity contribution in [1.29, 1.82) is 0 Å². The van der Waals surface area contributed by atoms with Crippen molar-refractivity contribution in [2.75, 3.05) is 13.1 Å². The standard InChI is InChI=1S/C13H14N5.Al/c1-2-9(6-14-4-1)18-8-17-11-7-16-13-10(12(11)18)3-5-15-13;/h3,5,7-9H,1-2,4,6H2,(H,15,16);/q-1;+1/t9-;/m1./s1. The fourth-order valence-corrected chi connectivity index (χ4v) is 3.44. The first-order valence-corrected chi connectivity index (χ1v) is 7.13. The highest BCUT2D eigenvalue weighted by Crippen LogP contribution is 2.28. The van der Waals surface area contributed by atoms with Crippen LogP contribution in [0, 0.1) is 0 Å². The highest BCUT2D eigenvalue weighted by atomic mass is 27.1. The lowest BCUT2D eigenvalue weighted by molar-refractivity contribution is 0.279. The van der Waals surface area contributed by atoms with Gasteiger partial charge in [0.05, 0.1) is 18.0 Å². The predicted molar refractivity (Wildman–Crippen MR) is 75.0 cm³/mol. The van der Waals surface area contributed by atoms with E-state index in [1.807, 2.05) is 18.7 Å². The molecule has 0 bridgehead atoms. The zero-order valence-corrected chi connectivity index (χ0v) is 11.7. The van der Waals surface area contributed by atoms with Gasteiger partial charge < -0.3 is 13.4 Å². The number of aromatic amines is 1. The highest BCUT2D eigenvalue weighted by Gasteiger charge is 2.20. The molecule has 5 nitrogen and oxygen atoms in total. The van der Waals surface area contributed by atoms with Crippen LogP contribution >= 0.6 is 0 Å². The van der Waals surface area contributed by atoms with Crippen LogP contribution in [0.3, 0.4) is 0 Å². The van der Waals surface area contributed by atoms with Crippen LogP contribution in [0.4, 0.5) is 0 Å². The topological polar surface area (TPSA) is 49.7 Å². The minimum absolute atomic E-state index is 0.497. The number of imidazole rings is 1. The number of nitrogens with one attached hydrogen (secondary N) is 1. The number of hydrogen-bond acceptors (Lipinski definition) is 3. The Morgan fingerprint density at radius 1 is 1.37 bits per heavy atom. The summed E-state index contributed by atoms with van der Waals surface area (Å²) in [5.74, 6) is 0. The van der Waals surface area contributed by atoms with Crippen LogP contribution in [-0.2, 0) is 0 Å². The molecule has 0 aromatic carbocycles. The Morgan fingerprint density at radius 2 is 2.32 bits per heavy atom. The van der Waals surface area contributed by atoms with Crippen LogP contribution in [0.25, 0.3) is 22.1 Å². The molecule has 19 heavy (non-hydrogen) atoms. The molecule has 0 spiro atoms. The molecule has 0 amide bonds. The van der Waals surface area contributed by atoms with Crippen LogP contribution in [0.5, 0.6) is 0 Å². The van der Waals surface area contributed by atoms with Crippen molar-refractivity contribution in [3.05, 3.63) is 24.8 Å². The third-order valence-electron chi connectivity index (χ3n) is 3.94. The number of hydrogen-bond donors (Lipinski definition) is 1. The number of aromatic nitrogens is 4. The second-order valence-electron chi connectivity index (χ2n) is 5.17. The second-order valence-corrected chi connectivity index (χ2v) is 5.91. The summed E-state index contributed by atoms with van der Waals surface area (Å²) in [6.45, 7) is 2.22. The van der Waals surface area contributed by atoms with Gasteiger partial charge in [-0.25, -0.2) is 9.97 Å². The predicted octanol–water partition coefficient (Wildman–Crippen LogP) is 1.63. The number of rotatable bonds is 1. The third kappa shape index (κ3) is 1.79. The maximum Gasteiger partial charge on any atom is 0.256 e. The van der Waals surface area contributed by atoms with Crippen LogP contribution in [0.15, 0.2) is 24.8 Å². The molecule has 1 N–H and O–H groups in total. The first-order chi connectivity index (χ1) is 9.33. The lowest BCUT2D eigenvalue weighted by atomic mass is 10.1. The van der Waals surface area contributed by atoms with E-state index in [1.165, 1.54) is 18.4 Å². The average Bonchev–Trinajstić information content (AvgIpc) is 3.04. The molecule has 4 rings (SSSR count). The molecule has 3 aromatic heterocycles. The molecule has 2 radical (unpaired) electrons. The maximum atomic E-state index is 4.51. The Morgan fingerprint density at radius 3 is 3.21 bits per heavy atom. The molecule has 6 heteroatoms. The summed E-state index contributed by atoms with van der Waals surface area (Å²) in [4.78, 5) is 12.1. The van der Waals surface area contributed by atoms with Crippen molar-refractivity contribution in [1.82, 2.24) is 23.4 Å². The van der Waals surface area contributed by atoms with E-state index in [2.05, 4.69) is 46.0 Å². The van der Waals surface area contributed by atoms with Gasteiger partial charge in [-0.05, 0) is 32.0 Å². The first kappa shape index (κ1) is 11.5. The Kier molecular flexibility index (Phi) is 2.62. The minimum atomic E-state index is 0.497. The van der Waals surface area contributed by atoms with Gasteiger partial charge in [0.25, 0.3) is 16.5 Å². The molecule has 0 aliphatic carbocycles. The molecule has 1 saturated heterocycles. The Labute approximate surface area is 119 Å². The molecule has 3 aromatic rings. The summed E-state index contributed by atoms with van der Waals surface area (Å²) in [6, 6.07) is 2.58. The van der Waals surface area contributed by atoms with E-state index in [-0.39, 0.29) is 0 Å². The van der Waals surface area contributed by atoms with Crippen molar-refractivity contribution in [3.8, 4) is 0 Å². The van der Waals surface area contributed by atoms with Crippen LogP contribution in [-0.4, -0.2) is 53.0 Å². The zero-order chi connectivity index (χ0) is 12.8. The van der Waals surface area contributed by atoms with Gasteiger partial charge in [-0.15, -0.1) is 0 Å². The molecule has 0 saturated carbocycles. The maximum absolute atomic E-state index is 4.51. The number of nitrogens with zero attached hydrogens (tertiary/aromatic N) is 4. The summed E-state index contributed by atoms with van der Waals surface area (Å²) in [5, 5.41) is 1.16. The van der Waals surface area contributed by atoms with E-state index in [0.717, 1.165) is 29.6 Å². The van der Waals surface area contributed by atoms with Crippen LogP contribution < -0.4 is 0 Å². The molecule has 94 valence electrons. The van der Waals surface area contributed by atoms with Crippen molar-refractivity contribution in [2.24, 2.45) is 0 Å². The SMILES string of the molecule is [Al][N]1CCC[C@@H](n2cnc3cnc4[nH]ccc4c32)C1. The number of pyridine rings is 1. The van der Waals surface area contributed by atoms with E-state index in [0.29, 0.717) is 6.04 Å². The normalized spacial score (nSPS) is 21.4. The third-order valence-corrected chi connectivity index (χ3v) is 4.41. The van der Waals surface area contributed by atoms with Crippen LogP contribution in [0.2, 0.25) is 0 Å². The van der Waals surface area contributed by atoms with E-state index >= 15 is 0 Å². The summed E-state index contributed by atoms with van der Waals surface area (Å²) >= 11 is 2.82. The lowest BCUT2D eigenvalue weighted by Crippen LogP contribution is -2.34. The molecule has 1 aliphatic heterocycles.